The van der Waals surface area contributed by atoms with Crippen LogP contribution in [-0.4, -0.2) is 29.9 Å². The first kappa shape index (κ1) is 21.6. The Morgan fingerprint density at radius 1 is 1.30 bits per heavy atom. The van der Waals surface area contributed by atoms with Crippen LogP contribution in [0.3, 0.4) is 0 Å². The number of nitrogens with one attached hydrogen (secondary N) is 1. The minimum Gasteiger partial charge on any atom is -0.347 e. The molecule has 1 aliphatic rings. The number of carbonyl (C=O) groups excluding carboxylic acids is 1. The van der Waals surface area contributed by atoms with Crippen molar-refractivity contribution in [3.63, 3.8) is 0 Å². The summed E-state index contributed by atoms with van der Waals surface area (Å²) in [6.07, 6.45) is 0.815. The molecule has 27 heavy (non-hydrogen) atoms. The van der Waals surface area contributed by atoms with Gasteiger partial charge in [-0.15, -0.1) is 12.4 Å². The highest BCUT2D eigenvalue weighted by Crippen LogP contribution is 2.33. The summed E-state index contributed by atoms with van der Waals surface area (Å²) in [5.74, 6) is -0.564. The number of carbonyl (C=O) groups is 1. The van der Waals surface area contributed by atoms with Gasteiger partial charge < -0.3 is 11.1 Å². The van der Waals surface area contributed by atoms with Crippen LogP contribution in [0.25, 0.3) is 0 Å². The van der Waals surface area contributed by atoms with Crippen molar-refractivity contribution in [2.24, 2.45) is 5.73 Å². The maximum atomic E-state index is 13.9. The maximum Gasteiger partial charge on any atom is 0.251 e. The molecule has 0 spiro atoms. The molecule has 4 nitrogen and oxygen atoms in total. The second-order valence-corrected chi connectivity index (χ2v) is 6.92. The van der Waals surface area contributed by atoms with Crippen molar-refractivity contribution in [1.29, 1.82) is 0 Å². The molecule has 0 aliphatic carbocycles. The topological polar surface area (TPSA) is 58.4 Å². The van der Waals surface area contributed by atoms with Gasteiger partial charge in [0.25, 0.3) is 5.91 Å². The third-order valence-corrected chi connectivity index (χ3v) is 5.27. The molecule has 0 radical (unpaired) electrons. The van der Waals surface area contributed by atoms with Gasteiger partial charge in [-0.25, -0.2) is 4.39 Å². The molecule has 146 valence electrons. The lowest BCUT2D eigenvalue weighted by molar-refractivity contribution is 0.0925. The third-order valence-electron chi connectivity index (χ3n) is 4.96. The molecule has 1 amide bonds. The lowest BCUT2D eigenvalue weighted by Gasteiger charge is -2.28. The van der Waals surface area contributed by atoms with Crippen molar-refractivity contribution in [3.05, 3.63) is 70.0 Å². The average Bonchev–Trinajstić information content (AvgIpc) is 3.06. The summed E-state index contributed by atoms with van der Waals surface area (Å²) in [5, 5.41) is 3.22. The van der Waals surface area contributed by atoms with E-state index in [-0.39, 0.29) is 35.4 Å². The number of halogens is 3. The Bertz CT molecular complexity index is 785. The highest BCUT2D eigenvalue weighted by atomic mass is 35.5. The Kier molecular flexibility index (Phi) is 7.62. The Labute approximate surface area is 170 Å². The largest absolute Gasteiger partial charge is 0.347 e. The molecule has 1 saturated heterocycles. The molecule has 1 fully saturated rings. The number of likely N-dealkylation sites (N-methyl/N-ethyl adjacent to an activating group) is 1. The van der Waals surface area contributed by atoms with Gasteiger partial charge in [-0.1, -0.05) is 36.7 Å². The summed E-state index contributed by atoms with van der Waals surface area (Å²) in [6, 6.07) is 12.0. The molecule has 1 aliphatic heterocycles. The molecule has 2 aromatic rings. The zero-order chi connectivity index (χ0) is 18.7. The number of nitrogens with two attached hydrogens (primary N) is 1. The second kappa shape index (κ2) is 9.51. The minimum atomic E-state index is -0.436. The number of hydrogen-bond donors (Lipinski definition) is 2. The average molecular weight is 412 g/mol. The SMILES string of the molecule is CCN1CCC(NC(=O)c2ccc(CN)cc2)C1c1ccc(Cl)c(F)c1.Cl. The van der Waals surface area contributed by atoms with E-state index in [9.17, 15) is 9.18 Å². The molecule has 2 atom stereocenters. The Balaban J connectivity index is 0.00000261. The summed E-state index contributed by atoms with van der Waals surface area (Å²) >= 11 is 5.82. The Hall–Kier alpha value is -1.66. The van der Waals surface area contributed by atoms with Crippen LogP contribution in [0.15, 0.2) is 42.5 Å². The fraction of sp³-hybridized carbons (Fsp3) is 0.350. The summed E-state index contributed by atoms with van der Waals surface area (Å²) in [4.78, 5) is 14.9. The van der Waals surface area contributed by atoms with Crippen LogP contribution in [0.1, 0.15) is 40.9 Å². The molecule has 0 saturated carbocycles. The van der Waals surface area contributed by atoms with E-state index in [4.69, 9.17) is 17.3 Å². The van der Waals surface area contributed by atoms with E-state index < -0.39 is 5.82 Å². The molecular formula is C20H24Cl2FN3O. The van der Waals surface area contributed by atoms with E-state index in [1.54, 1.807) is 18.2 Å². The van der Waals surface area contributed by atoms with E-state index in [2.05, 4.69) is 17.1 Å². The van der Waals surface area contributed by atoms with Gasteiger partial charge in [-0.3, -0.25) is 9.69 Å². The van der Waals surface area contributed by atoms with Crippen LogP contribution in [0.5, 0.6) is 0 Å². The van der Waals surface area contributed by atoms with Gasteiger partial charge in [0.05, 0.1) is 17.1 Å². The molecule has 2 unspecified atom stereocenters. The van der Waals surface area contributed by atoms with Crippen LogP contribution in [0, 0.1) is 5.82 Å². The maximum absolute atomic E-state index is 13.9. The summed E-state index contributed by atoms with van der Waals surface area (Å²) in [7, 11) is 0. The molecule has 3 rings (SSSR count). The first-order valence-corrected chi connectivity index (χ1v) is 9.20. The quantitative estimate of drug-likeness (QED) is 0.783. The first-order valence-electron chi connectivity index (χ1n) is 8.82. The van der Waals surface area contributed by atoms with E-state index in [0.717, 1.165) is 30.6 Å². The second-order valence-electron chi connectivity index (χ2n) is 6.52. The first-order chi connectivity index (χ1) is 12.5. The smallest absolute Gasteiger partial charge is 0.251 e. The number of amides is 1. The van der Waals surface area contributed by atoms with E-state index in [0.29, 0.717) is 12.1 Å². The normalized spacial score (nSPS) is 19.6. The lowest BCUT2D eigenvalue weighted by Crippen LogP contribution is -2.39. The van der Waals surface area contributed by atoms with Crippen molar-refractivity contribution in [1.82, 2.24) is 10.2 Å². The summed E-state index contributed by atoms with van der Waals surface area (Å²) in [6.45, 7) is 4.18. The van der Waals surface area contributed by atoms with Crippen molar-refractivity contribution in [3.8, 4) is 0 Å². The van der Waals surface area contributed by atoms with Crippen LogP contribution in [-0.2, 0) is 6.54 Å². The summed E-state index contributed by atoms with van der Waals surface area (Å²) < 4.78 is 13.9. The highest BCUT2D eigenvalue weighted by Gasteiger charge is 2.35. The van der Waals surface area contributed by atoms with Crippen molar-refractivity contribution in [2.75, 3.05) is 13.1 Å². The predicted molar refractivity (Wildman–Crippen MR) is 109 cm³/mol. The van der Waals surface area contributed by atoms with E-state index >= 15 is 0 Å². The van der Waals surface area contributed by atoms with Gasteiger partial charge in [0.15, 0.2) is 0 Å². The van der Waals surface area contributed by atoms with Gasteiger partial charge in [-0.05, 0) is 48.4 Å². The molecule has 2 aromatic carbocycles. The molecule has 3 N–H and O–H groups in total. The number of rotatable bonds is 5. The molecular weight excluding hydrogens is 388 g/mol. The third kappa shape index (κ3) is 4.79. The fourth-order valence-electron chi connectivity index (χ4n) is 3.55. The number of benzene rings is 2. The van der Waals surface area contributed by atoms with Crippen molar-refractivity contribution < 1.29 is 9.18 Å². The predicted octanol–water partition coefficient (Wildman–Crippen LogP) is 3.92. The van der Waals surface area contributed by atoms with Gasteiger partial charge in [0.2, 0.25) is 0 Å². The van der Waals surface area contributed by atoms with E-state index in [1.807, 2.05) is 18.2 Å². The zero-order valence-corrected chi connectivity index (χ0v) is 16.7. The van der Waals surface area contributed by atoms with Gasteiger partial charge >= 0.3 is 0 Å². The van der Waals surface area contributed by atoms with Gasteiger partial charge in [0, 0.05) is 18.7 Å². The standard InChI is InChI=1S/C20H23ClFN3O.ClH/c1-2-25-10-9-18(19(25)15-7-8-16(21)17(22)11-15)24-20(26)14-5-3-13(12-23)4-6-14;/h3-8,11,18-19H,2,9-10,12,23H2,1H3,(H,24,26);1H. The monoisotopic (exact) mass is 411 g/mol. The Morgan fingerprint density at radius 2 is 2.00 bits per heavy atom. The van der Waals surface area contributed by atoms with Crippen LogP contribution in [0.2, 0.25) is 5.02 Å². The van der Waals surface area contributed by atoms with Crippen molar-refractivity contribution in [2.45, 2.75) is 32.0 Å². The van der Waals surface area contributed by atoms with E-state index in [1.165, 1.54) is 6.07 Å². The fourth-order valence-corrected chi connectivity index (χ4v) is 3.66. The summed E-state index contributed by atoms with van der Waals surface area (Å²) in [5.41, 5.74) is 8.00. The van der Waals surface area contributed by atoms with Crippen LogP contribution >= 0.6 is 24.0 Å². The van der Waals surface area contributed by atoms with Gasteiger partial charge in [-0.2, -0.15) is 0 Å². The molecule has 7 heteroatoms. The number of nitrogens with zero attached hydrogens (tertiary/aromatic N) is 1. The molecule has 1 heterocycles. The Morgan fingerprint density at radius 3 is 2.59 bits per heavy atom. The van der Waals surface area contributed by atoms with Crippen LogP contribution < -0.4 is 11.1 Å². The minimum absolute atomic E-state index is 0. The number of hydrogen-bond acceptors (Lipinski definition) is 3. The number of likely N-dealkylation sites (tertiary alicyclic amines) is 1. The van der Waals surface area contributed by atoms with Gasteiger partial charge in [0.1, 0.15) is 5.82 Å². The zero-order valence-electron chi connectivity index (χ0n) is 15.1. The molecule has 0 bridgehead atoms. The highest BCUT2D eigenvalue weighted by molar-refractivity contribution is 6.30. The van der Waals surface area contributed by atoms with Crippen molar-refractivity contribution >= 4 is 29.9 Å². The van der Waals surface area contributed by atoms with Crippen LogP contribution in [0.4, 0.5) is 4.39 Å². The molecule has 0 aromatic heterocycles. The lowest BCUT2D eigenvalue weighted by atomic mass is 9.99.